The zero-order chi connectivity index (χ0) is 15.5. The summed E-state index contributed by atoms with van der Waals surface area (Å²) in [5.41, 5.74) is -0.130. The Bertz CT molecular complexity index is 556. The van der Waals surface area contributed by atoms with Gasteiger partial charge in [-0.2, -0.15) is 0 Å². The summed E-state index contributed by atoms with van der Waals surface area (Å²) < 4.78 is 13.0. The van der Waals surface area contributed by atoms with E-state index in [1.165, 1.54) is 12.1 Å². The molecule has 0 aliphatic heterocycles. The second kappa shape index (κ2) is 6.43. The first-order chi connectivity index (χ1) is 9.90. The molecule has 0 aromatic heterocycles. The van der Waals surface area contributed by atoms with Crippen molar-refractivity contribution >= 4 is 29.2 Å². The molecule has 2 rings (SSSR count). The second-order valence-corrected chi connectivity index (χ2v) is 6.03. The van der Waals surface area contributed by atoms with E-state index < -0.39 is 17.2 Å². The van der Waals surface area contributed by atoms with Gasteiger partial charge < -0.3 is 10.4 Å². The van der Waals surface area contributed by atoms with E-state index in [0.717, 1.165) is 31.7 Å². The number of amides is 1. The van der Waals surface area contributed by atoms with Crippen molar-refractivity contribution in [2.24, 2.45) is 5.41 Å². The maximum atomic E-state index is 13.0. The van der Waals surface area contributed by atoms with Crippen LogP contribution in [0.2, 0.25) is 5.02 Å². The second-order valence-electron chi connectivity index (χ2n) is 5.63. The maximum absolute atomic E-state index is 13.0. The van der Waals surface area contributed by atoms with Gasteiger partial charge >= 0.3 is 5.97 Å². The van der Waals surface area contributed by atoms with Gasteiger partial charge in [0.15, 0.2) is 0 Å². The third kappa shape index (κ3) is 4.17. The molecule has 21 heavy (non-hydrogen) atoms. The summed E-state index contributed by atoms with van der Waals surface area (Å²) in [7, 11) is 0. The van der Waals surface area contributed by atoms with Gasteiger partial charge in [0.05, 0.1) is 17.1 Å². The number of benzene rings is 1. The highest BCUT2D eigenvalue weighted by Gasteiger charge is 2.38. The van der Waals surface area contributed by atoms with Gasteiger partial charge in [-0.1, -0.05) is 24.4 Å². The molecule has 1 amide bonds. The summed E-state index contributed by atoms with van der Waals surface area (Å²) in [5, 5.41) is 11.8. The van der Waals surface area contributed by atoms with E-state index in [-0.39, 0.29) is 23.8 Å². The average molecular weight is 314 g/mol. The molecule has 0 heterocycles. The minimum absolute atomic E-state index is 0.00241. The fourth-order valence-electron chi connectivity index (χ4n) is 2.99. The number of hydrogen-bond donors (Lipinski definition) is 2. The van der Waals surface area contributed by atoms with E-state index in [0.29, 0.717) is 5.69 Å². The summed E-state index contributed by atoms with van der Waals surface area (Å²) >= 11 is 5.86. The van der Waals surface area contributed by atoms with Crippen LogP contribution >= 0.6 is 11.6 Å². The molecule has 0 radical (unpaired) electrons. The number of carbonyl (C=O) groups excluding carboxylic acids is 1. The molecule has 4 nitrogen and oxygen atoms in total. The Hall–Kier alpha value is -1.62. The Morgan fingerprint density at radius 1 is 1.29 bits per heavy atom. The van der Waals surface area contributed by atoms with Crippen LogP contribution < -0.4 is 5.32 Å². The number of halogens is 2. The lowest BCUT2D eigenvalue weighted by atomic mass is 9.79. The van der Waals surface area contributed by atoms with Crippen molar-refractivity contribution in [3.8, 4) is 0 Å². The molecule has 0 atom stereocenters. The van der Waals surface area contributed by atoms with Crippen LogP contribution in [0.15, 0.2) is 18.2 Å². The van der Waals surface area contributed by atoms with Crippen LogP contribution in [0.25, 0.3) is 0 Å². The van der Waals surface area contributed by atoms with Crippen molar-refractivity contribution in [1.82, 2.24) is 0 Å². The van der Waals surface area contributed by atoms with Gasteiger partial charge in [0.2, 0.25) is 5.91 Å². The van der Waals surface area contributed by atoms with Crippen LogP contribution in [0, 0.1) is 11.2 Å². The Morgan fingerprint density at radius 2 is 1.95 bits per heavy atom. The molecule has 2 N–H and O–H groups in total. The van der Waals surface area contributed by atoms with Gasteiger partial charge in [-0.25, -0.2) is 4.39 Å². The van der Waals surface area contributed by atoms with Crippen LogP contribution in [0.3, 0.4) is 0 Å². The lowest BCUT2D eigenvalue weighted by molar-refractivity contribution is -0.140. The summed E-state index contributed by atoms with van der Waals surface area (Å²) in [5.74, 6) is -1.65. The van der Waals surface area contributed by atoms with E-state index in [4.69, 9.17) is 16.7 Å². The lowest BCUT2D eigenvalue weighted by Gasteiger charge is -2.26. The van der Waals surface area contributed by atoms with E-state index in [9.17, 15) is 14.0 Å². The van der Waals surface area contributed by atoms with Crippen molar-refractivity contribution < 1.29 is 19.1 Å². The highest BCUT2D eigenvalue weighted by Crippen LogP contribution is 2.44. The topological polar surface area (TPSA) is 66.4 Å². The summed E-state index contributed by atoms with van der Waals surface area (Å²) in [6, 6.07) is 3.73. The molecule has 1 fully saturated rings. The third-order valence-corrected chi connectivity index (χ3v) is 4.24. The third-order valence-electron chi connectivity index (χ3n) is 3.93. The van der Waals surface area contributed by atoms with Crippen LogP contribution in [0.5, 0.6) is 0 Å². The van der Waals surface area contributed by atoms with Gasteiger partial charge in [0, 0.05) is 6.42 Å². The van der Waals surface area contributed by atoms with Crippen molar-refractivity contribution in [3.05, 3.63) is 29.0 Å². The predicted molar refractivity (Wildman–Crippen MR) is 77.8 cm³/mol. The SMILES string of the molecule is O=C(O)CC1(CC(=O)Nc2ccc(F)cc2Cl)CCCC1. The Morgan fingerprint density at radius 3 is 2.52 bits per heavy atom. The molecule has 1 aromatic rings. The molecular formula is C15H17ClFNO3. The zero-order valence-electron chi connectivity index (χ0n) is 11.5. The number of nitrogens with one attached hydrogen (secondary N) is 1. The maximum Gasteiger partial charge on any atom is 0.303 e. The number of anilines is 1. The van der Waals surface area contributed by atoms with Crippen LogP contribution in [-0.4, -0.2) is 17.0 Å². The first-order valence-electron chi connectivity index (χ1n) is 6.87. The van der Waals surface area contributed by atoms with Crippen molar-refractivity contribution in [3.63, 3.8) is 0 Å². The highest BCUT2D eigenvalue weighted by atomic mass is 35.5. The minimum atomic E-state index is -0.885. The summed E-state index contributed by atoms with van der Waals surface area (Å²) in [6.45, 7) is 0. The molecule has 6 heteroatoms. The summed E-state index contributed by atoms with van der Waals surface area (Å²) in [6.07, 6.45) is 3.51. The van der Waals surface area contributed by atoms with Gasteiger partial charge in [0.1, 0.15) is 5.82 Å². The molecular weight excluding hydrogens is 297 g/mol. The van der Waals surface area contributed by atoms with Gasteiger partial charge in [-0.15, -0.1) is 0 Å². The fourth-order valence-corrected chi connectivity index (χ4v) is 3.20. The molecule has 1 aliphatic rings. The van der Waals surface area contributed by atoms with E-state index in [1.54, 1.807) is 0 Å². The number of hydrogen-bond acceptors (Lipinski definition) is 2. The number of rotatable bonds is 5. The number of carbonyl (C=O) groups is 2. The molecule has 1 aromatic carbocycles. The van der Waals surface area contributed by atoms with Crippen LogP contribution in [0.4, 0.5) is 10.1 Å². The van der Waals surface area contributed by atoms with E-state index >= 15 is 0 Å². The smallest absolute Gasteiger partial charge is 0.303 e. The molecule has 0 unspecified atom stereocenters. The quantitative estimate of drug-likeness (QED) is 0.868. The Kier molecular flexibility index (Phi) is 4.83. The van der Waals surface area contributed by atoms with Crippen molar-refractivity contribution in [2.75, 3.05) is 5.32 Å². The Labute approximate surface area is 127 Å². The summed E-state index contributed by atoms with van der Waals surface area (Å²) in [4.78, 5) is 23.1. The van der Waals surface area contributed by atoms with Crippen LogP contribution in [-0.2, 0) is 9.59 Å². The minimum Gasteiger partial charge on any atom is -0.481 e. The first kappa shape index (κ1) is 15.8. The van der Waals surface area contributed by atoms with Gasteiger partial charge in [-0.05, 0) is 36.5 Å². The monoisotopic (exact) mass is 313 g/mol. The fraction of sp³-hybridized carbons (Fsp3) is 0.467. The number of carboxylic acids is 1. The molecule has 0 spiro atoms. The number of carboxylic acid groups (broad SMARTS) is 1. The first-order valence-corrected chi connectivity index (χ1v) is 7.25. The molecule has 114 valence electrons. The van der Waals surface area contributed by atoms with Gasteiger partial charge in [-0.3, -0.25) is 9.59 Å². The zero-order valence-corrected chi connectivity index (χ0v) is 12.3. The predicted octanol–water partition coefficient (Wildman–Crippen LogP) is 3.84. The normalized spacial score (nSPS) is 16.7. The van der Waals surface area contributed by atoms with Crippen LogP contribution in [0.1, 0.15) is 38.5 Å². The molecule has 0 saturated heterocycles. The van der Waals surface area contributed by atoms with Gasteiger partial charge in [0.25, 0.3) is 0 Å². The number of aliphatic carboxylic acids is 1. The average Bonchev–Trinajstić information content (AvgIpc) is 2.80. The Balaban J connectivity index is 2.04. The highest BCUT2D eigenvalue weighted by molar-refractivity contribution is 6.33. The van der Waals surface area contributed by atoms with E-state index in [2.05, 4.69) is 5.32 Å². The van der Waals surface area contributed by atoms with E-state index in [1.807, 2.05) is 0 Å². The molecule has 1 aliphatic carbocycles. The van der Waals surface area contributed by atoms with Crippen molar-refractivity contribution in [2.45, 2.75) is 38.5 Å². The van der Waals surface area contributed by atoms with Crippen molar-refractivity contribution in [1.29, 1.82) is 0 Å². The molecule has 1 saturated carbocycles. The largest absolute Gasteiger partial charge is 0.481 e. The standard InChI is InChI=1S/C15H17ClFNO3/c16-11-7-10(17)3-4-12(11)18-13(19)8-15(9-14(20)21)5-1-2-6-15/h3-4,7H,1-2,5-6,8-9H2,(H,18,19)(H,20,21). The lowest BCUT2D eigenvalue weighted by Crippen LogP contribution is -2.27. The molecule has 0 bridgehead atoms.